The molecule has 1 atom stereocenters. The molecule has 2 rings (SSSR count). The fourth-order valence-corrected chi connectivity index (χ4v) is 2.42. The predicted octanol–water partition coefficient (Wildman–Crippen LogP) is 2.43. The summed E-state index contributed by atoms with van der Waals surface area (Å²) in [5.41, 5.74) is 9.88. The second kappa shape index (κ2) is 4.33. The summed E-state index contributed by atoms with van der Waals surface area (Å²) in [6.07, 6.45) is 1.22. The van der Waals surface area contributed by atoms with Crippen LogP contribution in [0.4, 0.5) is 0 Å². The second-order valence-corrected chi connectivity index (χ2v) is 4.38. The van der Waals surface area contributed by atoms with Crippen molar-refractivity contribution >= 4 is 0 Å². The van der Waals surface area contributed by atoms with Crippen molar-refractivity contribution < 1.29 is 0 Å². The van der Waals surface area contributed by atoms with Gasteiger partial charge in [-0.3, -0.25) is 4.90 Å². The molecule has 1 aromatic rings. The Morgan fingerprint density at radius 1 is 1.47 bits per heavy atom. The quantitative estimate of drug-likeness (QED) is 0.819. The Hall–Kier alpha value is -0.860. The lowest BCUT2D eigenvalue weighted by molar-refractivity contribution is 0.230. The summed E-state index contributed by atoms with van der Waals surface area (Å²) in [4.78, 5) is 2.53. The number of hydrogen-bond acceptors (Lipinski definition) is 2. The Morgan fingerprint density at radius 2 is 2.27 bits per heavy atom. The molecule has 0 radical (unpaired) electrons. The van der Waals surface area contributed by atoms with E-state index in [9.17, 15) is 0 Å². The van der Waals surface area contributed by atoms with Crippen molar-refractivity contribution in [3.05, 3.63) is 34.9 Å². The van der Waals surface area contributed by atoms with E-state index in [1.165, 1.54) is 29.7 Å². The number of rotatable bonds is 3. The summed E-state index contributed by atoms with van der Waals surface area (Å²) in [6.45, 7) is 7.47. The highest BCUT2D eigenvalue weighted by Crippen LogP contribution is 2.33. The predicted molar refractivity (Wildman–Crippen MR) is 63.4 cm³/mol. The van der Waals surface area contributed by atoms with Gasteiger partial charge in [0, 0.05) is 19.1 Å². The summed E-state index contributed by atoms with van der Waals surface area (Å²) in [6, 6.07) is 7.23. The van der Waals surface area contributed by atoms with Gasteiger partial charge in [-0.25, -0.2) is 0 Å². The monoisotopic (exact) mass is 204 g/mol. The van der Waals surface area contributed by atoms with Gasteiger partial charge in [0.25, 0.3) is 0 Å². The van der Waals surface area contributed by atoms with Gasteiger partial charge in [-0.05, 0) is 36.6 Å². The molecule has 0 aliphatic carbocycles. The number of nitrogens with zero attached hydrogens (tertiary/aromatic N) is 1. The molecular formula is C13H20N2. The molecule has 0 fully saturated rings. The summed E-state index contributed by atoms with van der Waals surface area (Å²) in [5.74, 6) is 0. The average Bonchev–Trinajstić information content (AvgIpc) is 2.56. The van der Waals surface area contributed by atoms with E-state index in [1.54, 1.807) is 0 Å². The van der Waals surface area contributed by atoms with Gasteiger partial charge in [-0.2, -0.15) is 0 Å². The summed E-state index contributed by atoms with van der Waals surface area (Å²) >= 11 is 0. The van der Waals surface area contributed by atoms with Gasteiger partial charge < -0.3 is 5.73 Å². The molecule has 2 heteroatoms. The molecule has 2 nitrogen and oxygen atoms in total. The van der Waals surface area contributed by atoms with E-state index in [4.69, 9.17) is 5.73 Å². The minimum absolute atomic E-state index is 0.562. The maximum absolute atomic E-state index is 5.67. The molecule has 0 aromatic heterocycles. The molecule has 1 aliphatic rings. The Morgan fingerprint density at radius 3 is 2.93 bits per heavy atom. The second-order valence-electron chi connectivity index (χ2n) is 4.38. The minimum atomic E-state index is 0.562. The number of nitrogens with two attached hydrogens (primary N) is 1. The highest BCUT2D eigenvalue weighted by Gasteiger charge is 2.25. The van der Waals surface area contributed by atoms with Crippen molar-refractivity contribution in [2.24, 2.45) is 5.73 Å². The molecule has 2 N–H and O–H groups in total. The largest absolute Gasteiger partial charge is 0.326 e. The van der Waals surface area contributed by atoms with Gasteiger partial charge in [-0.15, -0.1) is 0 Å². The molecule has 0 spiro atoms. The van der Waals surface area contributed by atoms with Crippen LogP contribution in [0.5, 0.6) is 0 Å². The first-order valence-corrected chi connectivity index (χ1v) is 5.82. The SMILES string of the molecule is CCCN1Cc2ccc(CN)cc2C1C. The van der Waals surface area contributed by atoms with Crippen molar-refractivity contribution in [1.29, 1.82) is 0 Å². The van der Waals surface area contributed by atoms with Gasteiger partial charge in [0.05, 0.1) is 0 Å². The van der Waals surface area contributed by atoms with E-state index in [0.29, 0.717) is 12.6 Å². The number of hydrogen-bond donors (Lipinski definition) is 1. The van der Waals surface area contributed by atoms with Crippen LogP contribution in [0.25, 0.3) is 0 Å². The lowest BCUT2D eigenvalue weighted by atomic mass is 10.0. The van der Waals surface area contributed by atoms with Gasteiger partial charge in [-0.1, -0.05) is 25.1 Å². The third kappa shape index (κ3) is 1.92. The van der Waals surface area contributed by atoms with Crippen LogP contribution in [0.2, 0.25) is 0 Å². The normalized spacial score (nSPS) is 20.6. The average molecular weight is 204 g/mol. The zero-order valence-corrected chi connectivity index (χ0v) is 9.66. The highest BCUT2D eigenvalue weighted by molar-refractivity contribution is 5.37. The van der Waals surface area contributed by atoms with Crippen LogP contribution >= 0.6 is 0 Å². The zero-order valence-electron chi connectivity index (χ0n) is 9.66. The summed E-state index contributed by atoms with van der Waals surface area (Å²) < 4.78 is 0. The maximum atomic E-state index is 5.67. The van der Waals surface area contributed by atoms with Crippen LogP contribution in [0.3, 0.4) is 0 Å². The standard InChI is InChI=1S/C13H20N2/c1-3-6-15-9-12-5-4-11(8-14)7-13(12)10(15)2/h4-5,7,10H,3,6,8-9,14H2,1-2H3. The number of benzene rings is 1. The van der Waals surface area contributed by atoms with Crippen LogP contribution < -0.4 is 5.73 Å². The molecule has 0 bridgehead atoms. The number of fused-ring (bicyclic) bond motifs is 1. The first kappa shape index (κ1) is 10.7. The Kier molecular flexibility index (Phi) is 3.08. The van der Waals surface area contributed by atoms with E-state index < -0.39 is 0 Å². The van der Waals surface area contributed by atoms with Crippen molar-refractivity contribution in [2.45, 2.75) is 39.4 Å². The molecule has 1 unspecified atom stereocenters. The topological polar surface area (TPSA) is 29.3 Å². The fourth-order valence-electron chi connectivity index (χ4n) is 2.42. The lowest BCUT2D eigenvalue weighted by Crippen LogP contribution is -2.20. The first-order chi connectivity index (χ1) is 7.26. The third-order valence-corrected chi connectivity index (χ3v) is 3.33. The molecular weight excluding hydrogens is 184 g/mol. The highest BCUT2D eigenvalue weighted by atomic mass is 15.2. The zero-order chi connectivity index (χ0) is 10.8. The minimum Gasteiger partial charge on any atom is -0.326 e. The van der Waals surface area contributed by atoms with Crippen molar-refractivity contribution in [2.75, 3.05) is 6.54 Å². The van der Waals surface area contributed by atoms with Crippen molar-refractivity contribution in [1.82, 2.24) is 4.90 Å². The first-order valence-electron chi connectivity index (χ1n) is 5.82. The molecule has 1 aliphatic heterocycles. The van der Waals surface area contributed by atoms with E-state index >= 15 is 0 Å². The fraction of sp³-hybridized carbons (Fsp3) is 0.538. The molecule has 1 aromatic carbocycles. The molecule has 0 saturated heterocycles. The lowest BCUT2D eigenvalue weighted by Gasteiger charge is -2.20. The smallest absolute Gasteiger partial charge is 0.0326 e. The Bertz CT molecular complexity index is 346. The Balaban J connectivity index is 2.25. The summed E-state index contributed by atoms with van der Waals surface area (Å²) in [5, 5.41) is 0. The molecule has 15 heavy (non-hydrogen) atoms. The van der Waals surface area contributed by atoms with Crippen LogP contribution in [-0.4, -0.2) is 11.4 Å². The Labute approximate surface area is 92.1 Å². The third-order valence-electron chi connectivity index (χ3n) is 3.33. The maximum Gasteiger partial charge on any atom is 0.0326 e. The van der Waals surface area contributed by atoms with Gasteiger partial charge in [0.2, 0.25) is 0 Å². The molecule has 1 heterocycles. The van der Waals surface area contributed by atoms with Crippen LogP contribution in [0, 0.1) is 0 Å². The van der Waals surface area contributed by atoms with E-state index in [0.717, 1.165) is 6.54 Å². The van der Waals surface area contributed by atoms with E-state index in [1.807, 2.05) is 0 Å². The summed E-state index contributed by atoms with van der Waals surface area (Å²) in [7, 11) is 0. The van der Waals surface area contributed by atoms with Crippen LogP contribution in [0.15, 0.2) is 18.2 Å². The van der Waals surface area contributed by atoms with Crippen molar-refractivity contribution in [3.8, 4) is 0 Å². The van der Waals surface area contributed by atoms with Crippen LogP contribution in [-0.2, 0) is 13.1 Å². The van der Waals surface area contributed by atoms with E-state index in [-0.39, 0.29) is 0 Å². The molecule has 82 valence electrons. The molecule has 0 saturated carbocycles. The van der Waals surface area contributed by atoms with Gasteiger partial charge in [0.1, 0.15) is 0 Å². The van der Waals surface area contributed by atoms with Crippen molar-refractivity contribution in [3.63, 3.8) is 0 Å². The van der Waals surface area contributed by atoms with Gasteiger partial charge in [0.15, 0.2) is 0 Å². The van der Waals surface area contributed by atoms with Gasteiger partial charge >= 0.3 is 0 Å². The molecule has 0 amide bonds. The van der Waals surface area contributed by atoms with Crippen LogP contribution in [0.1, 0.15) is 43.0 Å². The van der Waals surface area contributed by atoms with E-state index in [2.05, 4.69) is 36.9 Å².